The molecule has 1 saturated heterocycles. The molecule has 2 aromatic carbocycles. The lowest BCUT2D eigenvalue weighted by atomic mass is 10.0. The molecule has 0 aromatic heterocycles. The minimum Gasteiger partial charge on any atom is -0.497 e. The number of thioether (sulfide) groups is 1. The predicted molar refractivity (Wildman–Crippen MR) is 124 cm³/mol. The van der Waals surface area contributed by atoms with Crippen LogP contribution < -0.4 is 19.5 Å². The Morgan fingerprint density at radius 3 is 2.32 bits per heavy atom. The fourth-order valence-electron chi connectivity index (χ4n) is 3.68. The van der Waals surface area contributed by atoms with Crippen molar-refractivity contribution in [3.63, 3.8) is 0 Å². The standard InChI is InChI=1S/C24H24N2O7S/c1-14-20(23(29)33-17-11-9-15(30-2)10-12-17)26-21(28)19(22(26)34-24(14)31-3)25-18(27)13-32-16-7-5-4-6-8-16/h4-12,19,22,24H,13H2,1-3H3,(H,25,27)/t19-,22-,24-/m0/s1. The molecule has 0 radical (unpaired) electrons. The van der Waals surface area contributed by atoms with Crippen LogP contribution >= 0.6 is 11.8 Å². The third-order valence-corrected chi connectivity index (χ3v) is 6.94. The number of nitrogens with one attached hydrogen (secondary N) is 1. The first-order valence-electron chi connectivity index (χ1n) is 10.5. The van der Waals surface area contributed by atoms with E-state index in [0.717, 1.165) is 0 Å². The van der Waals surface area contributed by atoms with Crippen LogP contribution in [0.2, 0.25) is 0 Å². The summed E-state index contributed by atoms with van der Waals surface area (Å²) >= 11 is 1.34. The van der Waals surface area contributed by atoms with Gasteiger partial charge in [0.05, 0.1) is 7.11 Å². The summed E-state index contributed by atoms with van der Waals surface area (Å²) in [5, 5.41) is 2.18. The summed E-state index contributed by atoms with van der Waals surface area (Å²) in [4.78, 5) is 39.7. The Morgan fingerprint density at radius 2 is 1.68 bits per heavy atom. The maximum absolute atomic E-state index is 13.0. The van der Waals surface area contributed by atoms with Crippen LogP contribution in [0.3, 0.4) is 0 Å². The van der Waals surface area contributed by atoms with Gasteiger partial charge < -0.3 is 24.3 Å². The van der Waals surface area contributed by atoms with Crippen molar-refractivity contribution >= 4 is 29.5 Å². The van der Waals surface area contributed by atoms with Crippen LogP contribution in [0.1, 0.15) is 6.92 Å². The molecule has 10 heteroatoms. The number of β-lactam (4-membered cyclic amide) rings is 1. The number of hydrogen-bond acceptors (Lipinski definition) is 8. The highest BCUT2D eigenvalue weighted by Crippen LogP contribution is 2.44. The van der Waals surface area contributed by atoms with Crippen LogP contribution in [0.25, 0.3) is 0 Å². The number of para-hydroxylation sites is 1. The molecule has 0 saturated carbocycles. The molecular formula is C24H24N2O7S. The molecule has 9 nitrogen and oxygen atoms in total. The van der Waals surface area contributed by atoms with Crippen LogP contribution in [-0.2, 0) is 19.1 Å². The lowest BCUT2D eigenvalue weighted by molar-refractivity contribution is -0.150. The molecule has 34 heavy (non-hydrogen) atoms. The Morgan fingerprint density at radius 1 is 1.00 bits per heavy atom. The van der Waals surface area contributed by atoms with Gasteiger partial charge in [0.25, 0.3) is 11.8 Å². The fraction of sp³-hybridized carbons (Fsp3) is 0.292. The molecular weight excluding hydrogens is 460 g/mol. The number of carbonyl (C=O) groups is 3. The number of ether oxygens (including phenoxy) is 4. The zero-order valence-corrected chi connectivity index (χ0v) is 19.7. The maximum atomic E-state index is 13.0. The number of hydrogen-bond donors (Lipinski definition) is 1. The summed E-state index contributed by atoms with van der Waals surface area (Å²) in [5.41, 5.74) is 0.197. The molecule has 4 rings (SSSR count). The van der Waals surface area contributed by atoms with E-state index in [-0.39, 0.29) is 12.3 Å². The number of methoxy groups -OCH3 is 2. The summed E-state index contributed by atoms with van der Waals surface area (Å²) < 4.78 is 21.6. The lowest BCUT2D eigenvalue weighted by Gasteiger charge is -2.50. The first kappa shape index (κ1) is 23.7. The Balaban J connectivity index is 1.45. The molecule has 1 fully saturated rings. The van der Waals surface area contributed by atoms with E-state index < -0.39 is 34.6 Å². The Kier molecular flexibility index (Phi) is 7.09. The number of nitrogens with zero attached hydrogens (tertiary/aromatic N) is 1. The smallest absolute Gasteiger partial charge is 0.360 e. The third-order valence-electron chi connectivity index (χ3n) is 5.38. The zero-order valence-electron chi connectivity index (χ0n) is 18.8. The lowest BCUT2D eigenvalue weighted by Crippen LogP contribution is -2.71. The highest BCUT2D eigenvalue weighted by atomic mass is 32.2. The van der Waals surface area contributed by atoms with Gasteiger partial charge in [0.15, 0.2) is 6.61 Å². The van der Waals surface area contributed by atoms with Gasteiger partial charge >= 0.3 is 5.97 Å². The average Bonchev–Trinajstić information content (AvgIpc) is 2.86. The SMILES string of the molecule is COc1ccc(OC(=O)C2=C(C)[C@@H](OC)S[C@H]3[C@@H](NC(=O)COc4ccccc4)C(=O)N23)cc1. The van der Waals surface area contributed by atoms with Gasteiger partial charge in [0.1, 0.15) is 39.8 Å². The van der Waals surface area contributed by atoms with Gasteiger partial charge in [-0.1, -0.05) is 30.0 Å². The van der Waals surface area contributed by atoms with Crippen LogP contribution in [0.15, 0.2) is 65.9 Å². The van der Waals surface area contributed by atoms with Gasteiger partial charge in [-0.2, -0.15) is 0 Å². The molecule has 0 unspecified atom stereocenters. The molecule has 2 aromatic rings. The number of esters is 1. The van der Waals surface area contributed by atoms with Crippen molar-refractivity contribution < 1.29 is 33.3 Å². The highest BCUT2D eigenvalue weighted by Gasteiger charge is 2.56. The molecule has 3 atom stereocenters. The number of benzene rings is 2. The molecule has 2 amide bonds. The summed E-state index contributed by atoms with van der Waals surface area (Å²) in [6.45, 7) is 1.48. The summed E-state index contributed by atoms with van der Waals surface area (Å²) in [6.07, 6.45) is 0. The summed E-state index contributed by atoms with van der Waals surface area (Å²) in [7, 11) is 3.06. The Bertz CT molecular complexity index is 1100. The Hall–Kier alpha value is -3.50. The third kappa shape index (κ3) is 4.73. The second kappa shape index (κ2) is 10.2. The minimum absolute atomic E-state index is 0.113. The summed E-state index contributed by atoms with van der Waals surface area (Å²) in [6, 6.07) is 14.6. The fourth-order valence-corrected chi connectivity index (χ4v) is 5.03. The van der Waals surface area contributed by atoms with E-state index in [2.05, 4.69) is 5.32 Å². The normalized spacial score (nSPS) is 21.3. The number of rotatable bonds is 8. The van der Waals surface area contributed by atoms with Gasteiger partial charge in [-0.15, -0.1) is 0 Å². The topological polar surface area (TPSA) is 103 Å². The minimum atomic E-state index is -0.814. The van der Waals surface area contributed by atoms with Gasteiger partial charge in [0.2, 0.25) is 0 Å². The molecule has 2 heterocycles. The molecule has 178 valence electrons. The van der Waals surface area contributed by atoms with Crippen molar-refractivity contribution in [1.82, 2.24) is 10.2 Å². The van der Waals surface area contributed by atoms with E-state index in [9.17, 15) is 14.4 Å². The van der Waals surface area contributed by atoms with Gasteiger partial charge in [0, 0.05) is 7.11 Å². The summed E-state index contributed by atoms with van der Waals surface area (Å²) in [5.74, 6) is -0.0400. The second-order valence-corrected chi connectivity index (χ2v) is 8.73. The van der Waals surface area contributed by atoms with Gasteiger partial charge in [-0.05, 0) is 48.9 Å². The van der Waals surface area contributed by atoms with E-state index in [1.54, 1.807) is 62.6 Å². The average molecular weight is 485 g/mol. The van der Waals surface area contributed by atoms with Crippen LogP contribution in [0.4, 0.5) is 0 Å². The van der Waals surface area contributed by atoms with E-state index >= 15 is 0 Å². The van der Waals surface area contributed by atoms with Crippen molar-refractivity contribution in [2.24, 2.45) is 0 Å². The maximum Gasteiger partial charge on any atom is 0.360 e. The molecule has 2 aliphatic heterocycles. The molecule has 0 bridgehead atoms. The van der Waals surface area contributed by atoms with E-state index in [1.165, 1.54) is 23.8 Å². The van der Waals surface area contributed by atoms with Crippen molar-refractivity contribution in [1.29, 1.82) is 0 Å². The monoisotopic (exact) mass is 484 g/mol. The molecule has 0 aliphatic carbocycles. The van der Waals surface area contributed by atoms with Crippen molar-refractivity contribution in [3.05, 3.63) is 65.9 Å². The number of fused-ring (bicyclic) bond motifs is 1. The first-order chi connectivity index (χ1) is 16.4. The Labute approximate surface area is 201 Å². The van der Waals surface area contributed by atoms with Crippen LogP contribution in [0, 0.1) is 0 Å². The highest BCUT2D eigenvalue weighted by molar-refractivity contribution is 8.00. The predicted octanol–water partition coefficient (Wildman–Crippen LogP) is 2.33. The van der Waals surface area contributed by atoms with Crippen LogP contribution in [0.5, 0.6) is 17.2 Å². The van der Waals surface area contributed by atoms with Crippen molar-refractivity contribution in [2.45, 2.75) is 23.8 Å². The molecule has 2 aliphatic rings. The van der Waals surface area contributed by atoms with E-state index in [1.807, 2.05) is 6.07 Å². The van der Waals surface area contributed by atoms with E-state index in [0.29, 0.717) is 22.8 Å². The van der Waals surface area contributed by atoms with E-state index in [4.69, 9.17) is 18.9 Å². The number of amides is 2. The van der Waals surface area contributed by atoms with Crippen molar-refractivity contribution in [2.75, 3.05) is 20.8 Å². The second-order valence-electron chi connectivity index (χ2n) is 7.55. The number of carbonyl (C=O) groups excluding carboxylic acids is 3. The van der Waals surface area contributed by atoms with Crippen LogP contribution in [-0.4, -0.2) is 60.4 Å². The zero-order chi connectivity index (χ0) is 24.2. The van der Waals surface area contributed by atoms with Crippen molar-refractivity contribution in [3.8, 4) is 17.2 Å². The first-order valence-corrected chi connectivity index (χ1v) is 11.4. The van der Waals surface area contributed by atoms with Gasteiger partial charge in [-0.25, -0.2) is 4.79 Å². The molecule has 0 spiro atoms. The van der Waals surface area contributed by atoms with Gasteiger partial charge in [-0.3, -0.25) is 14.5 Å². The molecule has 1 N–H and O–H groups in total. The quantitative estimate of drug-likeness (QED) is 0.346. The largest absolute Gasteiger partial charge is 0.497 e.